The van der Waals surface area contributed by atoms with E-state index in [1.807, 2.05) is 41.5 Å². The van der Waals surface area contributed by atoms with Crippen LogP contribution in [0.1, 0.15) is 41.5 Å². The third kappa shape index (κ3) is 2.52. The average Bonchev–Trinajstić information content (AvgIpc) is 1.95. The molecule has 0 spiro atoms. The molecule has 4 nitrogen and oxygen atoms in total. The number of nitrogens with zero attached hydrogens (tertiary/aromatic N) is 3. The second-order valence-electron chi connectivity index (χ2n) is 5.45. The SMILES string of the molecule is CC(C)(C)P(=O)(CN=[N+]=[N-])C(C)(C)C. The zero-order valence-electron chi connectivity index (χ0n) is 9.90. The lowest BCUT2D eigenvalue weighted by atomic mass is 10.2. The Labute approximate surface area is 86.1 Å². The zero-order valence-corrected chi connectivity index (χ0v) is 10.8. The lowest BCUT2D eigenvalue weighted by Gasteiger charge is -2.40. The minimum Gasteiger partial charge on any atom is -0.322 e. The van der Waals surface area contributed by atoms with E-state index in [0.29, 0.717) is 0 Å². The van der Waals surface area contributed by atoms with Crippen molar-refractivity contribution in [1.82, 2.24) is 0 Å². The third-order valence-corrected chi connectivity index (χ3v) is 7.35. The summed E-state index contributed by atoms with van der Waals surface area (Å²) in [6, 6.07) is 0. The van der Waals surface area contributed by atoms with Crippen molar-refractivity contribution in [2.75, 3.05) is 6.29 Å². The van der Waals surface area contributed by atoms with E-state index >= 15 is 0 Å². The first-order chi connectivity index (χ1) is 6.06. The summed E-state index contributed by atoms with van der Waals surface area (Å²) in [5, 5.41) is 2.85. The van der Waals surface area contributed by atoms with E-state index in [0.717, 1.165) is 0 Å². The third-order valence-electron chi connectivity index (χ3n) is 2.49. The van der Waals surface area contributed by atoms with Gasteiger partial charge in [0.15, 0.2) is 0 Å². The highest BCUT2D eigenvalue weighted by Crippen LogP contribution is 2.66. The molecule has 0 heterocycles. The highest BCUT2D eigenvalue weighted by molar-refractivity contribution is 7.66. The molecule has 0 fully saturated rings. The molecule has 0 aliphatic carbocycles. The first-order valence-electron chi connectivity index (χ1n) is 4.66. The standard InChI is InChI=1S/C9H20N3OP/c1-8(2,3)14(13,7-11-12-10)9(4,5)6/h7H2,1-6H3. The maximum atomic E-state index is 12.8. The second kappa shape index (κ2) is 3.96. The first kappa shape index (κ1) is 13.5. The lowest BCUT2D eigenvalue weighted by molar-refractivity contribution is 0.517. The molecule has 0 unspecified atom stereocenters. The molecule has 0 amide bonds. The van der Waals surface area contributed by atoms with Crippen molar-refractivity contribution in [3.8, 4) is 0 Å². The van der Waals surface area contributed by atoms with E-state index in [1.165, 1.54) is 0 Å². The summed E-state index contributed by atoms with van der Waals surface area (Å²) in [4.78, 5) is 2.70. The van der Waals surface area contributed by atoms with Crippen LogP contribution in [-0.2, 0) is 4.57 Å². The van der Waals surface area contributed by atoms with Gasteiger partial charge in [0.1, 0.15) is 7.14 Å². The summed E-state index contributed by atoms with van der Waals surface area (Å²) >= 11 is 0. The van der Waals surface area contributed by atoms with E-state index < -0.39 is 7.14 Å². The van der Waals surface area contributed by atoms with E-state index in [2.05, 4.69) is 10.0 Å². The van der Waals surface area contributed by atoms with Crippen molar-refractivity contribution in [3.63, 3.8) is 0 Å². The fourth-order valence-electron chi connectivity index (χ4n) is 1.55. The number of azide groups is 1. The zero-order chi connectivity index (χ0) is 11.6. The predicted octanol–water partition coefficient (Wildman–Crippen LogP) is 4.21. The molecule has 82 valence electrons. The van der Waals surface area contributed by atoms with E-state index in [-0.39, 0.29) is 16.6 Å². The monoisotopic (exact) mass is 217 g/mol. The summed E-state index contributed by atoms with van der Waals surface area (Å²) in [5.74, 6) is 0. The fraction of sp³-hybridized carbons (Fsp3) is 1.00. The molecule has 14 heavy (non-hydrogen) atoms. The Morgan fingerprint density at radius 3 is 1.71 bits per heavy atom. The van der Waals surface area contributed by atoms with Gasteiger partial charge >= 0.3 is 0 Å². The van der Waals surface area contributed by atoms with Crippen LogP contribution >= 0.6 is 7.14 Å². The Balaban J connectivity index is 5.29. The predicted molar refractivity (Wildman–Crippen MR) is 61.1 cm³/mol. The molecular weight excluding hydrogens is 197 g/mol. The fourth-order valence-corrected chi connectivity index (χ4v) is 4.64. The smallest absolute Gasteiger partial charge is 0.103 e. The van der Waals surface area contributed by atoms with Crippen LogP contribution < -0.4 is 0 Å². The first-order valence-corrected chi connectivity index (χ1v) is 6.55. The van der Waals surface area contributed by atoms with Crippen LogP contribution in [0.15, 0.2) is 5.11 Å². The topological polar surface area (TPSA) is 65.8 Å². The molecule has 0 aromatic heterocycles. The van der Waals surface area contributed by atoms with Crippen LogP contribution in [0, 0.1) is 0 Å². The van der Waals surface area contributed by atoms with Gasteiger partial charge in [-0.15, -0.1) is 0 Å². The number of hydrogen-bond acceptors (Lipinski definition) is 2. The maximum Gasteiger partial charge on any atom is 0.103 e. The highest BCUT2D eigenvalue weighted by Gasteiger charge is 2.45. The Kier molecular flexibility index (Phi) is 3.83. The van der Waals surface area contributed by atoms with Gasteiger partial charge in [0, 0.05) is 15.2 Å². The van der Waals surface area contributed by atoms with Gasteiger partial charge in [-0.25, -0.2) is 0 Å². The molecule has 0 aliphatic heterocycles. The molecule has 0 aromatic rings. The van der Waals surface area contributed by atoms with Crippen LogP contribution in [-0.4, -0.2) is 16.6 Å². The molecule has 0 aromatic carbocycles. The summed E-state index contributed by atoms with van der Waals surface area (Å²) in [6.07, 6.45) is 0.108. The van der Waals surface area contributed by atoms with Crippen LogP contribution in [0.25, 0.3) is 10.4 Å². The van der Waals surface area contributed by atoms with Crippen LogP contribution in [0.4, 0.5) is 0 Å². The van der Waals surface area contributed by atoms with Crippen molar-refractivity contribution in [1.29, 1.82) is 0 Å². The van der Waals surface area contributed by atoms with Gasteiger partial charge in [0.25, 0.3) is 0 Å². The minimum absolute atomic E-state index is 0.108. The molecule has 5 heteroatoms. The summed E-state index contributed by atoms with van der Waals surface area (Å²) in [7, 11) is -2.52. The molecule has 0 saturated heterocycles. The highest BCUT2D eigenvalue weighted by atomic mass is 31.2. The Hall–Kier alpha value is -0.460. The van der Waals surface area contributed by atoms with Gasteiger partial charge < -0.3 is 4.57 Å². The van der Waals surface area contributed by atoms with Gasteiger partial charge in [0.05, 0.1) is 6.29 Å². The van der Waals surface area contributed by atoms with Crippen molar-refractivity contribution in [2.24, 2.45) is 5.11 Å². The van der Waals surface area contributed by atoms with E-state index in [1.54, 1.807) is 0 Å². The molecule has 0 saturated carbocycles. The maximum absolute atomic E-state index is 12.8. The average molecular weight is 217 g/mol. The van der Waals surface area contributed by atoms with Gasteiger partial charge in [-0.2, -0.15) is 0 Å². The largest absolute Gasteiger partial charge is 0.322 e. The van der Waals surface area contributed by atoms with Crippen LogP contribution in [0.3, 0.4) is 0 Å². The normalized spacial score (nSPS) is 13.6. The van der Waals surface area contributed by atoms with E-state index in [4.69, 9.17) is 5.53 Å². The van der Waals surface area contributed by atoms with E-state index in [9.17, 15) is 4.57 Å². The number of hydrogen-bond donors (Lipinski definition) is 0. The summed E-state index contributed by atoms with van der Waals surface area (Å²) < 4.78 is 12.8. The number of rotatable bonds is 2. The lowest BCUT2D eigenvalue weighted by Crippen LogP contribution is -2.29. The quantitative estimate of drug-likeness (QED) is 0.295. The van der Waals surface area contributed by atoms with Gasteiger partial charge in [-0.3, -0.25) is 0 Å². The molecule has 0 radical (unpaired) electrons. The van der Waals surface area contributed by atoms with Gasteiger partial charge in [-0.05, 0) is 5.53 Å². The van der Waals surface area contributed by atoms with Crippen molar-refractivity contribution in [2.45, 2.75) is 51.9 Å². The molecule has 0 N–H and O–H groups in total. The Bertz CT molecular complexity index is 274. The molecule has 0 atom stereocenters. The van der Waals surface area contributed by atoms with Crippen LogP contribution in [0.2, 0.25) is 0 Å². The summed E-state index contributed by atoms with van der Waals surface area (Å²) in [6.45, 7) is 11.6. The van der Waals surface area contributed by atoms with Crippen LogP contribution in [0.5, 0.6) is 0 Å². The molecular formula is C9H20N3OP. The van der Waals surface area contributed by atoms with Crippen molar-refractivity contribution in [3.05, 3.63) is 10.4 Å². The minimum atomic E-state index is -2.52. The Morgan fingerprint density at radius 2 is 1.50 bits per heavy atom. The molecule has 0 aliphatic rings. The molecule has 0 rings (SSSR count). The molecule has 0 bridgehead atoms. The van der Waals surface area contributed by atoms with Gasteiger partial charge in [0.2, 0.25) is 0 Å². The Morgan fingerprint density at radius 1 is 1.14 bits per heavy atom. The van der Waals surface area contributed by atoms with Crippen molar-refractivity contribution >= 4 is 7.14 Å². The van der Waals surface area contributed by atoms with Gasteiger partial charge in [-0.1, -0.05) is 46.7 Å². The van der Waals surface area contributed by atoms with Crippen molar-refractivity contribution < 1.29 is 4.57 Å². The summed E-state index contributed by atoms with van der Waals surface area (Å²) in [5.41, 5.74) is 8.30. The second-order valence-corrected chi connectivity index (χ2v) is 9.90.